The normalized spacial score (nSPS) is 45.8. The van der Waals surface area contributed by atoms with Crippen LogP contribution >= 0.6 is 0 Å². The molecule has 0 aromatic heterocycles. The van der Waals surface area contributed by atoms with Gasteiger partial charge in [-0.1, -0.05) is 0 Å². The summed E-state index contributed by atoms with van der Waals surface area (Å²) in [5.41, 5.74) is 0. The summed E-state index contributed by atoms with van der Waals surface area (Å²) in [7, 11) is 0. The summed E-state index contributed by atoms with van der Waals surface area (Å²) >= 11 is 0. The fourth-order valence-electron chi connectivity index (χ4n) is 2.94. The Morgan fingerprint density at radius 2 is 1.29 bits per heavy atom. The van der Waals surface area contributed by atoms with Gasteiger partial charge in [0, 0.05) is 0 Å². The van der Waals surface area contributed by atoms with Gasteiger partial charge in [0.05, 0.1) is 26.4 Å². The molecule has 28 heavy (non-hydrogen) atoms. The molecule has 2 saturated heterocycles. The van der Waals surface area contributed by atoms with Crippen LogP contribution in [-0.2, 0) is 18.9 Å². The van der Waals surface area contributed by atoms with Gasteiger partial charge in [-0.3, -0.25) is 0 Å². The third-order valence-corrected chi connectivity index (χ3v) is 4.63. The molecule has 0 radical (unpaired) electrons. The minimum atomic E-state index is -1.77. The van der Waals surface area contributed by atoms with E-state index < -0.39 is 93.9 Å². The maximum Gasteiger partial charge on any atom is 0.187 e. The molecular formula is C15H28O13. The Morgan fingerprint density at radius 1 is 0.714 bits per heavy atom. The molecule has 11 atom stereocenters. The molecule has 0 aromatic rings. The molecule has 2 aliphatic rings. The second-order valence-corrected chi connectivity index (χ2v) is 6.67. The Balaban J connectivity index is 2.11. The lowest BCUT2D eigenvalue weighted by Gasteiger charge is -2.46. The zero-order chi connectivity index (χ0) is 21.0. The number of aliphatic hydroxyl groups is 9. The van der Waals surface area contributed by atoms with E-state index in [0.717, 1.165) is 0 Å². The maximum atomic E-state index is 10.4. The standard InChI is InChI=1S/C15H28O13/c16-1-5(19)4-25-14-12(24)13(9(21)7(3-18)26-14)28-15-11(23)10(22)8(20)6(2-17)27-15/h5-24H,1-4H2/t5-,6-,7-,8+,9+,10+,11-,12-,13+,14+,15+/m1/s1. The average Bonchev–Trinajstić information content (AvgIpc) is 2.70. The lowest BCUT2D eigenvalue weighted by molar-refractivity contribution is -0.361. The molecule has 2 rings (SSSR count). The number of ether oxygens (including phenoxy) is 4. The van der Waals surface area contributed by atoms with E-state index in [1.807, 2.05) is 0 Å². The Morgan fingerprint density at radius 3 is 1.86 bits per heavy atom. The van der Waals surface area contributed by atoms with Gasteiger partial charge >= 0.3 is 0 Å². The number of hydrogen-bond acceptors (Lipinski definition) is 13. The fraction of sp³-hybridized carbons (Fsp3) is 1.00. The third-order valence-electron chi connectivity index (χ3n) is 4.63. The van der Waals surface area contributed by atoms with Crippen molar-refractivity contribution in [3.8, 4) is 0 Å². The van der Waals surface area contributed by atoms with Crippen molar-refractivity contribution in [1.29, 1.82) is 0 Å². The molecule has 0 unspecified atom stereocenters. The van der Waals surface area contributed by atoms with Crippen LogP contribution in [0.15, 0.2) is 0 Å². The van der Waals surface area contributed by atoms with Crippen molar-refractivity contribution in [2.24, 2.45) is 0 Å². The van der Waals surface area contributed by atoms with Crippen molar-refractivity contribution < 1.29 is 64.9 Å². The Labute approximate surface area is 159 Å². The Hall–Kier alpha value is -0.520. The summed E-state index contributed by atoms with van der Waals surface area (Å²) in [5.74, 6) is 0. The van der Waals surface area contributed by atoms with Crippen LogP contribution in [0.3, 0.4) is 0 Å². The molecule has 0 spiro atoms. The van der Waals surface area contributed by atoms with Gasteiger partial charge < -0.3 is 64.9 Å². The highest BCUT2D eigenvalue weighted by atomic mass is 16.7. The van der Waals surface area contributed by atoms with E-state index in [-0.39, 0.29) is 0 Å². The van der Waals surface area contributed by atoms with Crippen LogP contribution in [0.25, 0.3) is 0 Å². The Bertz CT molecular complexity index is 465. The van der Waals surface area contributed by atoms with E-state index >= 15 is 0 Å². The summed E-state index contributed by atoms with van der Waals surface area (Å²) in [6.45, 7) is -2.43. The van der Waals surface area contributed by atoms with Crippen molar-refractivity contribution in [3.05, 3.63) is 0 Å². The molecule has 0 saturated carbocycles. The highest BCUT2D eigenvalue weighted by molar-refractivity contribution is 4.94. The molecule has 9 N–H and O–H groups in total. The van der Waals surface area contributed by atoms with Crippen molar-refractivity contribution in [2.75, 3.05) is 26.4 Å². The first-order valence-corrected chi connectivity index (χ1v) is 8.74. The van der Waals surface area contributed by atoms with E-state index in [2.05, 4.69) is 0 Å². The van der Waals surface area contributed by atoms with Crippen molar-refractivity contribution in [1.82, 2.24) is 0 Å². The Kier molecular flexibility index (Phi) is 8.90. The first-order chi connectivity index (χ1) is 13.2. The van der Waals surface area contributed by atoms with Crippen molar-refractivity contribution in [2.45, 2.75) is 67.5 Å². The van der Waals surface area contributed by atoms with Crippen LogP contribution in [0.5, 0.6) is 0 Å². The predicted octanol–water partition coefficient (Wildman–Crippen LogP) is -6.02. The topological polar surface area (TPSA) is 219 Å². The number of hydrogen-bond donors (Lipinski definition) is 9. The minimum Gasteiger partial charge on any atom is -0.394 e. The van der Waals surface area contributed by atoms with Crippen LogP contribution in [-0.4, -0.2) is 140 Å². The summed E-state index contributed by atoms with van der Waals surface area (Å²) in [4.78, 5) is 0. The molecule has 13 heteroatoms. The fourth-order valence-corrected chi connectivity index (χ4v) is 2.94. The van der Waals surface area contributed by atoms with Crippen LogP contribution in [0.2, 0.25) is 0 Å². The molecule has 0 bridgehead atoms. The first kappa shape index (κ1) is 23.8. The van der Waals surface area contributed by atoms with Gasteiger partial charge in [0.15, 0.2) is 12.6 Å². The highest BCUT2D eigenvalue weighted by Crippen LogP contribution is 2.29. The predicted molar refractivity (Wildman–Crippen MR) is 85.4 cm³/mol. The van der Waals surface area contributed by atoms with E-state index in [0.29, 0.717) is 0 Å². The molecule has 2 fully saturated rings. The van der Waals surface area contributed by atoms with Crippen LogP contribution in [0, 0.1) is 0 Å². The molecular weight excluding hydrogens is 388 g/mol. The lowest BCUT2D eigenvalue weighted by atomic mass is 9.97. The molecule has 0 aliphatic carbocycles. The summed E-state index contributed by atoms with van der Waals surface area (Å²) in [6.07, 6.45) is -16.9. The van der Waals surface area contributed by atoms with E-state index in [9.17, 15) is 40.9 Å². The third kappa shape index (κ3) is 5.14. The summed E-state index contributed by atoms with van der Waals surface area (Å²) < 4.78 is 20.9. The second-order valence-electron chi connectivity index (χ2n) is 6.67. The van der Waals surface area contributed by atoms with Gasteiger partial charge in [0.1, 0.15) is 54.9 Å². The minimum absolute atomic E-state index is 0.431. The molecule has 2 aliphatic heterocycles. The summed E-state index contributed by atoms with van der Waals surface area (Å²) in [5, 5.41) is 87.1. The summed E-state index contributed by atoms with van der Waals surface area (Å²) in [6, 6.07) is 0. The quantitative estimate of drug-likeness (QED) is 0.180. The van der Waals surface area contributed by atoms with Gasteiger partial charge in [0.25, 0.3) is 0 Å². The van der Waals surface area contributed by atoms with Crippen LogP contribution < -0.4 is 0 Å². The molecule has 13 nitrogen and oxygen atoms in total. The largest absolute Gasteiger partial charge is 0.394 e. The molecule has 2 heterocycles. The van der Waals surface area contributed by atoms with E-state index in [1.165, 1.54) is 0 Å². The van der Waals surface area contributed by atoms with Gasteiger partial charge in [-0.2, -0.15) is 0 Å². The molecule has 0 amide bonds. The van der Waals surface area contributed by atoms with Gasteiger partial charge in [-0.15, -0.1) is 0 Å². The van der Waals surface area contributed by atoms with E-state index in [1.54, 1.807) is 0 Å². The number of aliphatic hydroxyl groups excluding tert-OH is 9. The zero-order valence-corrected chi connectivity index (χ0v) is 14.8. The lowest BCUT2D eigenvalue weighted by Crippen LogP contribution is -2.65. The van der Waals surface area contributed by atoms with Gasteiger partial charge in [-0.25, -0.2) is 0 Å². The first-order valence-electron chi connectivity index (χ1n) is 8.74. The van der Waals surface area contributed by atoms with Crippen LogP contribution in [0.4, 0.5) is 0 Å². The van der Waals surface area contributed by atoms with Crippen molar-refractivity contribution >= 4 is 0 Å². The highest BCUT2D eigenvalue weighted by Gasteiger charge is 2.50. The van der Waals surface area contributed by atoms with Gasteiger partial charge in [0.2, 0.25) is 0 Å². The van der Waals surface area contributed by atoms with Crippen LogP contribution in [0.1, 0.15) is 0 Å². The van der Waals surface area contributed by atoms with E-state index in [4.69, 9.17) is 24.1 Å². The molecule has 0 aromatic carbocycles. The van der Waals surface area contributed by atoms with Gasteiger partial charge in [-0.05, 0) is 0 Å². The SMILES string of the molecule is OC[C@@H](O)CO[C@H]1O[C@H](CO)[C@H](O)[C@H](O[C@@H]2O[C@H](CO)[C@H](O)[C@H](O)[C@H]2O)[C@H]1O. The average molecular weight is 416 g/mol. The zero-order valence-electron chi connectivity index (χ0n) is 14.8. The number of rotatable bonds is 8. The maximum absolute atomic E-state index is 10.4. The molecule has 166 valence electrons. The smallest absolute Gasteiger partial charge is 0.187 e. The second kappa shape index (κ2) is 10.5. The monoisotopic (exact) mass is 416 g/mol. The van der Waals surface area contributed by atoms with Crippen molar-refractivity contribution in [3.63, 3.8) is 0 Å².